The van der Waals surface area contributed by atoms with Gasteiger partial charge in [-0.15, -0.1) is 0 Å². The van der Waals surface area contributed by atoms with Crippen molar-refractivity contribution < 1.29 is 49.1 Å². The summed E-state index contributed by atoms with van der Waals surface area (Å²) in [6.45, 7) is 0.405. The summed E-state index contributed by atoms with van der Waals surface area (Å²) >= 11 is 0. The fourth-order valence-corrected chi connectivity index (χ4v) is 6.75. The predicted molar refractivity (Wildman–Crippen MR) is 160 cm³/mol. The highest BCUT2D eigenvalue weighted by atomic mass is 19.4. The number of nitrogens with two attached hydrogens (primary N) is 1. The lowest BCUT2D eigenvalue weighted by molar-refractivity contribution is -0.143. The molecule has 0 bridgehead atoms. The summed E-state index contributed by atoms with van der Waals surface area (Å²) < 4.78 is 125. The van der Waals surface area contributed by atoms with E-state index in [0.717, 1.165) is 0 Å². The molecular formula is C34H32F9N3O2. The van der Waals surface area contributed by atoms with Crippen molar-refractivity contribution in [2.24, 2.45) is 5.73 Å². The average molecular weight is 686 g/mol. The van der Waals surface area contributed by atoms with Crippen LogP contribution in [0, 0.1) is 0 Å². The summed E-state index contributed by atoms with van der Waals surface area (Å²) in [5, 5.41) is 1.93. The SMILES string of the molecule is CCCCc1c2c(cc(C(=O)c3c(C(F)(F)F)cccc3C(F)(F)F)c1N1CCCCC1N)-c1ccccc1C2C(=O)NCC(F)(F)F. The summed E-state index contributed by atoms with van der Waals surface area (Å²) in [6.07, 6.45) is -13.5. The topological polar surface area (TPSA) is 75.4 Å². The van der Waals surface area contributed by atoms with Crippen LogP contribution in [0.15, 0.2) is 48.5 Å². The first kappa shape index (κ1) is 35.2. The number of ketones is 1. The van der Waals surface area contributed by atoms with Gasteiger partial charge < -0.3 is 16.0 Å². The van der Waals surface area contributed by atoms with E-state index in [1.807, 2.05) is 12.2 Å². The number of nitrogens with one attached hydrogen (secondary N) is 1. The van der Waals surface area contributed by atoms with Crippen LogP contribution in [-0.4, -0.2) is 37.1 Å². The maximum Gasteiger partial charge on any atom is 0.417 e. The first-order valence-corrected chi connectivity index (χ1v) is 15.4. The zero-order chi connectivity index (χ0) is 35.2. The Morgan fingerprint density at radius 3 is 2.12 bits per heavy atom. The van der Waals surface area contributed by atoms with Crippen molar-refractivity contribution in [1.82, 2.24) is 5.32 Å². The van der Waals surface area contributed by atoms with E-state index in [2.05, 4.69) is 0 Å². The number of hydrogen-bond acceptors (Lipinski definition) is 4. The smallest absolute Gasteiger partial charge is 0.355 e. The van der Waals surface area contributed by atoms with Gasteiger partial charge in [0.1, 0.15) is 6.54 Å². The van der Waals surface area contributed by atoms with E-state index in [0.29, 0.717) is 55.9 Å². The normalized spacial score (nSPS) is 18.0. The Balaban J connectivity index is 1.87. The van der Waals surface area contributed by atoms with Crippen molar-refractivity contribution in [3.63, 3.8) is 0 Å². The molecule has 0 saturated carbocycles. The van der Waals surface area contributed by atoms with Gasteiger partial charge in [0.25, 0.3) is 0 Å². The lowest BCUT2D eigenvalue weighted by Crippen LogP contribution is -2.47. The molecule has 2 unspecified atom stereocenters. The van der Waals surface area contributed by atoms with E-state index in [9.17, 15) is 49.1 Å². The van der Waals surface area contributed by atoms with Gasteiger partial charge in [0.05, 0.1) is 28.9 Å². The highest BCUT2D eigenvalue weighted by molar-refractivity contribution is 6.16. The standard InChI is InChI=1S/C34H32F9N3O2/c1-2-3-9-20-26-21(18-10-4-5-11-19(18)27(26)31(48)45-17-32(35,36)37)16-22(29(20)46-15-7-6-14-25(46)44)30(47)28-23(33(38,39)40)12-8-13-24(28)34(41,42)43/h4-5,8,10-13,16,25,27H,2-3,6-7,9,14-15,17,44H2,1H3,(H,45,48). The predicted octanol–water partition coefficient (Wildman–Crippen LogP) is 8.36. The molecule has 5 nitrogen and oxygen atoms in total. The molecule has 1 heterocycles. The maximum atomic E-state index is 14.4. The van der Waals surface area contributed by atoms with Gasteiger partial charge in [-0.25, -0.2) is 0 Å². The number of fused-ring (bicyclic) bond motifs is 3. The molecule has 1 aliphatic heterocycles. The Kier molecular flexibility index (Phi) is 9.61. The minimum Gasteiger partial charge on any atom is -0.355 e. The third kappa shape index (κ3) is 6.76. The molecule has 5 rings (SSSR count). The van der Waals surface area contributed by atoms with E-state index >= 15 is 0 Å². The van der Waals surface area contributed by atoms with Gasteiger partial charge in [-0.3, -0.25) is 9.59 Å². The van der Waals surface area contributed by atoms with Crippen LogP contribution in [0.4, 0.5) is 45.2 Å². The molecule has 258 valence electrons. The lowest BCUT2D eigenvalue weighted by atomic mass is 9.83. The third-order valence-electron chi connectivity index (χ3n) is 8.78. The zero-order valence-electron chi connectivity index (χ0n) is 25.7. The summed E-state index contributed by atoms with van der Waals surface area (Å²) in [4.78, 5) is 29.6. The molecule has 0 radical (unpaired) electrons. The Bertz CT molecular complexity index is 1680. The second-order valence-corrected chi connectivity index (χ2v) is 12.0. The fraction of sp³-hybridized carbons (Fsp3) is 0.412. The zero-order valence-corrected chi connectivity index (χ0v) is 25.7. The molecule has 3 aromatic carbocycles. The number of unbranched alkanes of at least 4 members (excludes halogenated alkanes) is 1. The molecule has 0 aromatic heterocycles. The largest absolute Gasteiger partial charge is 0.417 e. The molecule has 3 aromatic rings. The van der Waals surface area contributed by atoms with Crippen LogP contribution in [-0.2, 0) is 23.6 Å². The number of carbonyl (C=O) groups excluding carboxylic acids is 2. The Morgan fingerprint density at radius 1 is 0.896 bits per heavy atom. The molecule has 2 atom stereocenters. The number of carbonyl (C=O) groups is 2. The summed E-state index contributed by atoms with van der Waals surface area (Å²) in [6, 6.07) is 8.77. The number of hydrogen-bond donors (Lipinski definition) is 2. The third-order valence-corrected chi connectivity index (χ3v) is 8.78. The van der Waals surface area contributed by atoms with E-state index < -0.39 is 71.1 Å². The number of piperidine rings is 1. The van der Waals surface area contributed by atoms with Crippen LogP contribution < -0.4 is 16.0 Å². The number of anilines is 1. The second kappa shape index (κ2) is 13.1. The number of alkyl halides is 9. The highest BCUT2D eigenvalue weighted by Gasteiger charge is 2.45. The van der Waals surface area contributed by atoms with Crippen LogP contribution in [0.3, 0.4) is 0 Å². The van der Waals surface area contributed by atoms with Crippen LogP contribution in [0.2, 0.25) is 0 Å². The van der Waals surface area contributed by atoms with Gasteiger partial charge in [0.15, 0.2) is 5.78 Å². The van der Waals surface area contributed by atoms with Gasteiger partial charge in [0, 0.05) is 17.7 Å². The van der Waals surface area contributed by atoms with E-state index in [1.165, 1.54) is 12.1 Å². The maximum absolute atomic E-state index is 14.4. The van der Waals surface area contributed by atoms with Crippen LogP contribution in [0.25, 0.3) is 11.1 Å². The van der Waals surface area contributed by atoms with Crippen molar-refractivity contribution in [3.8, 4) is 11.1 Å². The van der Waals surface area contributed by atoms with Gasteiger partial charge in [0.2, 0.25) is 5.91 Å². The van der Waals surface area contributed by atoms with Gasteiger partial charge in [-0.1, -0.05) is 43.7 Å². The summed E-state index contributed by atoms with van der Waals surface area (Å²) in [5.41, 5.74) is 2.19. The van der Waals surface area contributed by atoms with Crippen LogP contribution >= 0.6 is 0 Å². The quantitative estimate of drug-likeness (QED) is 0.185. The molecular weight excluding hydrogens is 653 g/mol. The molecule has 1 aliphatic carbocycles. The first-order chi connectivity index (χ1) is 22.5. The van der Waals surface area contributed by atoms with Crippen molar-refractivity contribution in [2.75, 3.05) is 18.0 Å². The van der Waals surface area contributed by atoms with Crippen molar-refractivity contribution >= 4 is 17.4 Å². The number of benzene rings is 3. The average Bonchev–Trinajstić information content (AvgIpc) is 3.35. The van der Waals surface area contributed by atoms with Crippen molar-refractivity contribution in [2.45, 2.75) is 76.1 Å². The van der Waals surface area contributed by atoms with Gasteiger partial charge in [-0.2, -0.15) is 39.5 Å². The number of halogens is 9. The second-order valence-electron chi connectivity index (χ2n) is 12.0. The molecule has 2 aliphatic rings. The lowest BCUT2D eigenvalue weighted by Gasteiger charge is -2.39. The van der Waals surface area contributed by atoms with Crippen molar-refractivity contribution in [1.29, 1.82) is 0 Å². The minimum absolute atomic E-state index is 0.00840. The molecule has 14 heteroatoms. The minimum atomic E-state index is -5.33. The summed E-state index contributed by atoms with van der Waals surface area (Å²) in [5.74, 6) is -3.83. The van der Waals surface area contributed by atoms with E-state index in [-0.39, 0.29) is 40.9 Å². The van der Waals surface area contributed by atoms with Gasteiger partial charge in [-0.05, 0) is 78.1 Å². The number of nitrogens with zero attached hydrogens (tertiary/aromatic N) is 1. The molecule has 3 N–H and O–H groups in total. The van der Waals surface area contributed by atoms with Crippen molar-refractivity contribution in [3.05, 3.63) is 87.5 Å². The molecule has 1 saturated heterocycles. The fourth-order valence-electron chi connectivity index (χ4n) is 6.75. The molecule has 0 spiro atoms. The van der Waals surface area contributed by atoms with E-state index in [1.54, 1.807) is 23.1 Å². The molecule has 1 fully saturated rings. The van der Waals surface area contributed by atoms with Crippen LogP contribution in [0.1, 0.15) is 88.7 Å². The Morgan fingerprint density at radius 2 is 1.54 bits per heavy atom. The highest BCUT2D eigenvalue weighted by Crippen LogP contribution is 2.52. The van der Waals surface area contributed by atoms with E-state index in [4.69, 9.17) is 5.73 Å². The summed E-state index contributed by atoms with van der Waals surface area (Å²) in [7, 11) is 0. The number of rotatable bonds is 8. The number of amides is 1. The molecule has 48 heavy (non-hydrogen) atoms. The molecule has 1 amide bonds. The van der Waals surface area contributed by atoms with Gasteiger partial charge >= 0.3 is 18.5 Å². The first-order valence-electron chi connectivity index (χ1n) is 15.4. The monoisotopic (exact) mass is 685 g/mol. The van der Waals surface area contributed by atoms with Crippen LogP contribution in [0.5, 0.6) is 0 Å². The Hall–Kier alpha value is -4.07. The Labute approximate surface area is 270 Å².